The summed E-state index contributed by atoms with van der Waals surface area (Å²) in [7, 11) is 0. The normalized spacial score (nSPS) is 12.0. The maximum atomic E-state index is 11.7. The van der Waals surface area contributed by atoms with Gasteiger partial charge >= 0.3 is 6.03 Å². The molecule has 1 unspecified atom stereocenters. The van der Waals surface area contributed by atoms with E-state index in [0.29, 0.717) is 24.6 Å². The largest absolute Gasteiger partial charge is 0.493 e. The maximum Gasteiger partial charge on any atom is 0.319 e. The molecule has 0 bridgehead atoms. The highest BCUT2D eigenvalue weighted by Crippen LogP contribution is 2.17. The van der Waals surface area contributed by atoms with E-state index in [1.807, 2.05) is 19.1 Å². The second-order valence-electron chi connectivity index (χ2n) is 5.51. The number of amides is 2. The van der Waals surface area contributed by atoms with Gasteiger partial charge in [-0.25, -0.2) is 4.79 Å². The predicted octanol–water partition coefficient (Wildman–Crippen LogP) is 3.00. The maximum absolute atomic E-state index is 11.7. The number of hydrogen-bond acceptors (Lipinski definition) is 3. The van der Waals surface area contributed by atoms with Crippen molar-refractivity contribution >= 4 is 11.7 Å². The monoisotopic (exact) mass is 294 g/mol. The number of hydrogen-bond donors (Lipinski definition) is 3. The lowest BCUT2D eigenvalue weighted by Crippen LogP contribution is -2.35. The van der Waals surface area contributed by atoms with E-state index in [1.54, 1.807) is 12.1 Å². The Morgan fingerprint density at radius 3 is 2.81 bits per heavy atom. The number of carbonyl (C=O) groups is 1. The van der Waals surface area contributed by atoms with Gasteiger partial charge in [0, 0.05) is 18.3 Å². The van der Waals surface area contributed by atoms with Crippen molar-refractivity contribution < 1.29 is 14.6 Å². The molecule has 5 heteroatoms. The zero-order valence-electron chi connectivity index (χ0n) is 13.1. The lowest BCUT2D eigenvalue weighted by molar-refractivity contribution is 0.162. The van der Waals surface area contributed by atoms with Gasteiger partial charge in [-0.05, 0) is 24.5 Å². The van der Waals surface area contributed by atoms with Gasteiger partial charge in [-0.15, -0.1) is 0 Å². The number of rotatable bonds is 8. The quantitative estimate of drug-likeness (QED) is 0.690. The van der Waals surface area contributed by atoms with Gasteiger partial charge in [0.15, 0.2) is 0 Å². The Hall–Kier alpha value is -1.75. The first-order valence-corrected chi connectivity index (χ1v) is 7.47. The minimum atomic E-state index is -0.499. The molecule has 0 saturated heterocycles. The van der Waals surface area contributed by atoms with Crippen LogP contribution in [0.15, 0.2) is 24.3 Å². The van der Waals surface area contributed by atoms with Gasteiger partial charge in [-0.1, -0.05) is 33.3 Å². The van der Waals surface area contributed by atoms with Crippen LogP contribution in [0.25, 0.3) is 0 Å². The topological polar surface area (TPSA) is 70.6 Å². The van der Waals surface area contributed by atoms with Crippen molar-refractivity contribution in [2.45, 2.75) is 39.7 Å². The van der Waals surface area contributed by atoms with Crippen LogP contribution in [0.5, 0.6) is 5.75 Å². The van der Waals surface area contributed by atoms with Crippen molar-refractivity contribution in [2.24, 2.45) is 5.92 Å². The van der Waals surface area contributed by atoms with E-state index >= 15 is 0 Å². The van der Waals surface area contributed by atoms with Crippen LogP contribution in [0.4, 0.5) is 10.5 Å². The average molecular weight is 294 g/mol. The second kappa shape index (κ2) is 9.23. The van der Waals surface area contributed by atoms with Gasteiger partial charge in [0.1, 0.15) is 5.75 Å². The molecule has 0 heterocycles. The van der Waals surface area contributed by atoms with Crippen molar-refractivity contribution in [3.63, 3.8) is 0 Å². The van der Waals surface area contributed by atoms with E-state index in [2.05, 4.69) is 24.5 Å². The van der Waals surface area contributed by atoms with E-state index in [4.69, 9.17) is 4.74 Å². The molecule has 0 aliphatic heterocycles. The number of anilines is 1. The lowest BCUT2D eigenvalue weighted by Gasteiger charge is -2.13. The van der Waals surface area contributed by atoms with E-state index in [0.717, 1.165) is 12.2 Å². The zero-order valence-corrected chi connectivity index (χ0v) is 13.1. The Morgan fingerprint density at radius 2 is 2.14 bits per heavy atom. The third kappa shape index (κ3) is 7.56. The predicted molar refractivity (Wildman–Crippen MR) is 84.7 cm³/mol. The van der Waals surface area contributed by atoms with Crippen molar-refractivity contribution in [3.05, 3.63) is 24.3 Å². The number of carbonyl (C=O) groups excluding carboxylic acids is 1. The van der Waals surface area contributed by atoms with Crippen LogP contribution in [0.2, 0.25) is 0 Å². The fourth-order valence-electron chi connectivity index (χ4n) is 1.75. The van der Waals surface area contributed by atoms with Crippen molar-refractivity contribution in [2.75, 3.05) is 18.5 Å². The number of aliphatic hydroxyl groups is 1. The summed E-state index contributed by atoms with van der Waals surface area (Å²) in [4.78, 5) is 11.7. The summed E-state index contributed by atoms with van der Waals surface area (Å²) in [6.45, 7) is 7.04. The molecule has 5 nitrogen and oxygen atoms in total. The third-order valence-electron chi connectivity index (χ3n) is 2.80. The van der Waals surface area contributed by atoms with Gasteiger partial charge in [0.2, 0.25) is 0 Å². The Morgan fingerprint density at radius 1 is 1.38 bits per heavy atom. The number of ether oxygens (including phenoxy) is 1. The van der Waals surface area contributed by atoms with Crippen LogP contribution < -0.4 is 15.4 Å². The number of urea groups is 1. The molecule has 1 atom stereocenters. The van der Waals surface area contributed by atoms with Crippen LogP contribution >= 0.6 is 0 Å². The molecule has 0 radical (unpaired) electrons. The second-order valence-corrected chi connectivity index (χ2v) is 5.51. The summed E-state index contributed by atoms with van der Waals surface area (Å²) < 4.78 is 5.61. The fourth-order valence-corrected chi connectivity index (χ4v) is 1.75. The minimum Gasteiger partial charge on any atom is -0.493 e. The van der Waals surface area contributed by atoms with Gasteiger partial charge < -0.3 is 20.5 Å². The van der Waals surface area contributed by atoms with Crippen LogP contribution in [0, 0.1) is 5.92 Å². The molecular formula is C16H26N2O3. The summed E-state index contributed by atoms with van der Waals surface area (Å²) >= 11 is 0. The van der Waals surface area contributed by atoms with E-state index in [9.17, 15) is 9.90 Å². The first-order chi connectivity index (χ1) is 10.0. The Kier molecular flexibility index (Phi) is 7.61. The van der Waals surface area contributed by atoms with E-state index in [-0.39, 0.29) is 12.6 Å². The fraction of sp³-hybridized carbons (Fsp3) is 0.562. The molecule has 0 spiro atoms. The van der Waals surface area contributed by atoms with Crippen molar-refractivity contribution in [1.82, 2.24) is 5.32 Å². The smallest absolute Gasteiger partial charge is 0.319 e. The van der Waals surface area contributed by atoms with E-state index < -0.39 is 6.10 Å². The molecule has 118 valence electrons. The van der Waals surface area contributed by atoms with Gasteiger partial charge in [-0.3, -0.25) is 0 Å². The van der Waals surface area contributed by atoms with Crippen molar-refractivity contribution in [3.8, 4) is 5.75 Å². The van der Waals surface area contributed by atoms with Crippen molar-refractivity contribution in [1.29, 1.82) is 0 Å². The summed E-state index contributed by atoms with van der Waals surface area (Å²) in [5.41, 5.74) is 0.665. The van der Waals surface area contributed by atoms with Crippen LogP contribution in [-0.4, -0.2) is 30.4 Å². The van der Waals surface area contributed by atoms with Crippen LogP contribution in [0.3, 0.4) is 0 Å². The van der Waals surface area contributed by atoms with E-state index in [1.165, 1.54) is 0 Å². The first kappa shape index (κ1) is 17.3. The zero-order chi connectivity index (χ0) is 15.7. The summed E-state index contributed by atoms with van der Waals surface area (Å²) in [6.07, 6.45) is 1.07. The number of nitrogens with one attached hydrogen (secondary N) is 2. The molecule has 2 amide bonds. The minimum absolute atomic E-state index is 0.253. The van der Waals surface area contributed by atoms with Crippen LogP contribution in [-0.2, 0) is 0 Å². The Balaban J connectivity index is 2.43. The molecule has 3 N–H and O–H groups in total. The molecule has 21 heavy (non-hydrogen) atoms. The molecule has 0 aliphatic carbocycles. The lowest BCUT2D eigenvalue weighted by atomic mass is 10.2. The molecule has 0 fully saturated rings. The molecule has 0 aromatic heterocycles. The molecule has 1 rings (SSSR count). The van der Waals surface area contributed by atoms with Gasteiger partial charge in [0.25, 0.3) is 0 Å². The standard InChI is InChI=1S/C16H26N2O3/c1-4-6-14(19)10-17-16(20)18-13-7-5-8-15(9-13)21-11-12(2)3/h5,7-9,12,14,19H,4,6,10-11H2,1-3H3,(H2,17,18,20). The van der Waals surface area contributed by atoms with Gasteiger partial charge in [-0.2, -0.15) is 0 Å². The average Bonchev–Trinajstić information content (AvgIpc) is 2.44. The Labute approximate surface area is 126 Å². The summed E-state index contributed by atoms with van der Waals surface area (Å²) in [5.74, 6) is 1.18. The highest BCUT2D eigenvalue weighted by atomic mass is 16.5. The molecule has 0 saturated carbocycles. The first-order valence-electron chi connectivity index (χ1n) is 7.47. The highest BCUT2D eigenvalue weighted by molar-refractivity contribution is 5.89. The molecule has 1 aromatic carbocycles. The third-order valence-corrected chi connectivity index (χ3v) is 2.80. The molecule has 0 aliphatic rings. The molecule has 1 aromatic rings. The summed E-state index contributed by atoms with van der Waals surface area (Å²) in [6, 6.07) is 6.94. The number of benzene rings is 1. The SMILES string of the molecule is CCCC(O)CNC(=O)Nc1cccc(OCC(C)C)c1. The van der Waals surface area contributed by atoms with Crippen LogP contribution in [0.1, 0.15) is 33.6 Å². The Bertz CT molecular complexity index is 435. The highest BCUT2D eigenvalue weighted by Gasteiger charge is 2.07. The molecular weight excluding hydrogens is 268 g/mol. The summed E-state index contributed by atoms with van der Waals surface area (Å²) in [5, 5.41) is 14.9. The van der Waals surface area contributed by atoms with Gasteiger partial charge in [0.05, 0.1) is 12.7 Å². The number of aliphatic hydroxyl groups excluding tert-OH is 1.